The molecule has 1 heterocycles. The van der Waals surface area contributed by atoms with E-state index in [1.807, 2.05) is 0 Å². The second kappa shape index (κ2) is 5.80. The Hall–Kier alpha value is -0.640. The predicted molar refractivity (Wildman–Crippen MR) is 66.6 cm³/mol. The Morgan fingerprint density at radius 2 is 2.29 bits per heavy atom. The first-order chi connectivity index (χ1) is 8.16. The summed E-state index contributed by atoms with van der Waals surface area (Å²) in [5, 5.41) is 13.8. The molecule has 1 saturated heterocycles. The summed E-state index contributed by atoms with van der Waals surface area (Å²) in [6.07, 6.45) is 3.48. The van der Waals surface area contributed by atoms with Gasteiger partial charge in [0.25, 0.3) is 0 Å². The molecule has 2 rings (SSSR count). The van der Waals surface area contributed by atoms with E-state index in [4.69, 9.17) is 11.6 Å². The van der Waals surface area contributed by atoms with Gasteiger partial charge in [-0.15, -0.1) is 0 Å². The molecule has 1 aliphatic heterocycles. The summed E-state index contributed by atoms with van der Waals surface area (Å²) in [6, 6.07) is 4.47. The zero-order valence-electron chi connectivity index (χ0n) is 9.63. The molecule has 2 unspecified atom stereocenters. The zero-order valence-corrected chi connectivity index (χ0v) is 10.4. The van der Waals surface area contributed by atoms with Crippen LogP contribution in [0.4, 0.5) is 4.39 Å². The Balaban J connectivity index is 2.00. The van der Waals surface area contributed by atoms with Crippen LogP contribution in [0.3, 0.4) is 0 Å². The Bertz CT molecular complexity index is 380. The normalized spacial score (nSPS) is 22.4. The van der Waals surface area contributed by atoms with E-state index < -0.39 is 6.10 Å². The third-order valence-corrected chi connectivity index (χ3v) is 3.57. The average molecular weight is 258 g/mol. The van der Waals surface area contributed by atoms with Crippen LogP contribution in [0.1, 0.15) is 37.4 Å². The van der Waals surface area contributed by atoms with Gasteiger partial charge in [-0.1, -0.05) is 24.1 Å². The minimum Gasteiger partial charge on any atom is -0.388 e. The van der Waals surface area contributed by atoms with Crippen molar-refractivity contribution < 1.29 is 9.50 Å². The number of rotatable bonds is 3. The molecular weight excluding hydrogens is 241 g/mol. The molecule has 0 radical (unpaired) electrons. The maximum atomic E-state index is 12.9. The van der Waals surface area contributed by atoms with Crippen molar-refractivity contribution in [2.24, 2.45) is 0 Å². The Morgan fingerprint density at radius 3 is 2.94 bits per heavy atom. The number of aliphatic hydroxyl groups is 1. The van der Waals surface area contributed by atoms with E-state index in [9.17, 15) is 9.50 Å². The number of hydrogen-bond donors (Lipinski definition) is 2. The van der Waals surface area contributed by atoms with Crippen LogP contribution in [0.15, 0.2) is 18.2 Å². The molecule has 1 aromatic rings. The average Bonchev–Trinajstić information content (AvgIpc) is 2.30. The van der Waals surface area contributed by atoms with E-state index in [2.05, 4.69) is 5.32 Å². The minimum absolute atomic E-state index is 0.299. The first-order valence-corrected chi connectivity index (χ1v) is 6.41. The molecule has 2 N–H and O–H groups in total. The maximum absolute atomic E-state index is 12.9. The van der Waals surface area contributed by atoms with Gasteiger partial charge in [-0.3, -0.25) is 0 Å². The predicted octanol–water partition coefficient (Wildman–Crippen LogP) is 3.04. The summed E-state index contributed by atoms with van der Waals surface area (Å²) >= 11 is 5.92. The highest BCUT2D eigenvalue weighted by atomic mass is 35.5. The van der Waals surface area contributed by atoms with Crippen molar-refractivity contribution in [2.75, 3.05) is 6.54 Å². The lowest BCUT2D eigenvalue weighted by atomic mass is 9.96. The van der Waals surface area contributed by atoms with Crippen LogP contribution in [0, 0.1) is 5.82 Å². The van der Waals surface area contributed by atoms with Crippen LogP contribution in [0.25, 0.3) is 0 Å². The molecule has 1 fully saturated rings. The molecule has 1 aliphatic rings. The Kier molecular flexibility index (Phi) is 4.37. The van der Waals surface area contributed by atoms with Crippen LogP contribution >= 0.6 is 11.6 Å². The van der Waals surface area contributed by atoms with Crippen molar-refractivity contribution in [1.29, 1.82) is 0 Å². The van der Waals surface area contributed by atoms with Gasteiger partial charge >= 0.3 is 0 Å². The number of piperidine rings is 1. The molecule has 4 heteroatoms. The van der Waals surface area contributed by atoms with Crippen molar-refractivity contribution in [3.63, 3.8) is 0 Å². The van der Waals surface area contributed by atoms with Crippen LogP contribution in [0.5, 0.6) is 0 Å². The number of nitrogens with one attached hydrogen (secondary N) is 1. The molecule has 0 spiro atoms. The summed E-state index contributed by atoms with van der Waals surface area (Å²) in [6.45, 7) is 1.01. The highest BCUT2D eigenvalue weighted by Crippen LogP contribution is 2.28. The topological polar surface area (TPSA) is 32.3 Å². The number of halogens is 2. The molecule has 0 aromatic heterocycles. The lowest BCUT2D eigenvalue weighted by Gasteiger charge is -2.26. The number of benzene rings is 1. The van der Waals surface area contributed by atoms with Gasteiger partial charge in [0.1, 0.15) is 5.82 Å². The van der Waals surface area contributed by atoms with Crippen LogP contribution in [-0.2, 0) is 0 Å². The number of hydrogen-bond acceptors (Lipinski definition) is 2. The van der Waals surface area contributed by atoms with Gasteiger partial charge in [0, 0.05) is 11.1 Å². The van der Waals surface area contributed by atoms with Crippen LogP contribution < -0.4 is 5.32 Å². The van der Waals surface area contributed by atoms with E-state index in [-0.39, 0.29) is 5.82 Å². The molecule has 94 valence electrons. The number of aliphatic hydroxyl groups excluding tert-OH is 1. The molecule has 0 bridgehead atoms. The van der Waals surface area contributed by atoms with Crippen molar-refractivity contribution in [2.45, 2.75) is 37.8 Å². The lowest BCUT2D eigenvalue weighted by molar-refractivity contribution is 0.144. The molecule has 2 atom stereocenters. The molecule has 0 aliphatic carbocycles. The summed E-state index contributed by atoms with van der Waals surface area (Å²) in [5.41, 5.74) is 0.612. The van der Waals surface area contributed by atoms with E-state index >= 15 is 0 Å². The third-order valence-electron chi connectivity index (χ3n) is 3.24. The van der Waals surface area contributed by atoms with Crippen LogP contribution in [0.2, 0.25) is 5.02 Å². The van der Waals surface area contributed by atoms with Gasteiger partial charge in [-0.2, -0.15) is 0 Å². The second-order valence-electron chi connectivity index (χ2n) is 4.56. The monoisotopic (exact) mass is 257 g/mol. The van der Waals surface area contributed by atoms with Gasteiger partial charge in [0.2, 0.25) is 0 Å². The maximum Gasteiger partial charge on any atom is 0.124 e. The van der Waals surface area contributed by atoms with Gasteiger partial charge in [-0.25, -0.2) is 4.39 Å². The molecule has 17 heavy (non-hydrogen) atoms. The fourth-order valence-electron chi connectivity index (χ4n) is 2.29. The van der Waals surface area contributed by atoms with Crippen molar-refractivity contribution in [3.05, 3.63) is 34.6 Å². The zero-order chi connectivity index (χ0) is 12.3. The highest BCUT2D eigenvalue weighted by Gasteiger charge is 2.19. The Morgan fingerprint density at radius 1 is 1.47 bits per heavy atom. The second-order valence-corrected chi connectivity index (χ2v) is 4.97. The largest absolute Gasteiger partial charge is 0.388 e. The van der Waals surface area contributed by atoms with Crippen molar-refractivity contribution in [1.82, 2.24) is 5.32 Å². The summed E-state index contributed by atoms with van der Waals surface area (Å²) in [4.78, 5) is 0. The SMILES string of the molecule is OC(CC1CCCCN1)c1ccc(F)cc1Cl. The smallest absolute Gasteiger partial charge is 0.124 e. The van der Waals surface area contributed by atoms with E-state index in [0.717, 1.165) is 13.0 Å². The van der Waals surface area contributed by atoms with Gasteiger partial charge in [-0.05, 0) is 43.5 Å². The fourth-order valence-corrected chi connectivity index (χ4v) is 2.59. The first kappa shape index (κ1) is 12.8. The van der Waals surface area contributed by atoms with Crippen molar-refractivity contribution >= 4 is 11.6 Å². The summed E-state index contributed by atoms with van der Waals surface area (Å²) < 4.78 is 12.9. The first-order valence-electron chi connectivity index (χ1n) is 6.03. The molecule has 2 nitrogen and oxygen atoms in total. The van der Waals surface area contributed by atoms with Gasteiger partial charge in [0.05, 0.1) is 6.10 Å². The summed E-state index contributed by atoms with van der Waals surface area (Å²) in [5.74, 6) is -0.373. The van der Waals surface area contributed by atoms with E-state index in [0.29, 0.717) is 23.0 Å². The van der Waals surface area contributed by atoms with Gasteiger partial charge in [0.15, 0.2) is 0 Å². The third kappa shape index (κ3) is 3.41. The molecular formula is C13H17ClFNO. The highest BCUT2D eigenvalue weighted by molar-refractivity contribution is 6.31. The minimum atomic E-state index is -0.626. The van der Waals surface area contributed by atoms with Crippen LogP contribution in [-0.4, -0.2) is 17.7 Å². The molecule has 0 amide bonds. The lowest BCUT2D eigenvalue weighted by Crippen LogP contribution is -2.35. The van der Waals surface area contributed by atoms with E-state index in [1.54, 1.807) is 6.07 Å². The van der Waals surface area contributed by atoms with Crippen molar-refractivity contribution in [3.8, 4) is 0 Å². The van der Waals surface area contributed by atoms with E-state index in [1.165, 1.54) is 25.0 Å². The molecule has 0 saturated carbocycles. The Labute approximate surface area is 106 Å². The molecule has 1 aromatic carbocycles. The quantitative estimate of drug-likeness (QED) is 0.872. The van der Waals surface area contributed by atoms with Gasteiger partial charge < -0.3 is 10.4 Å². The summed E-state index contributed by atoms with van der Waals surface area (Å²) in [7, 11) is 0. The fraction of sp³-hybridized carbons (Fsp3) is 0.538. The standard InChI is InChI=1S/C13H17ClFNO/c14-12-7-9(15)4-5-11(12)13(17)8-10-3-1-2-6-16-10/h4-5,7,10,13,16-17H,1-3,6,8H2.